The number of thioether (sulfide) groups is 1. The molecule has 0 saturated carbocycles. The van der Waals surface area contributed by atoms with E-state index in [2.05, 4.69) is 15.5 Å². The Morgan fingerprint density at radius 3 is 2.50 bits per heavy atom. The van der Waals surface area contributed by atoms with Crippen molar-refractivity contribution in [3.05, 3.63) is 54.6 Å². The Morgan fingerprint density at radius 1 is 1.00 bits per heavy atom. The molecule has 7 heteroatoms. The van der Waals surface area contributed by atoms with Gasteiger partial charge < -0.3 is 14.8 Å². The van der Waals surface area contributed by atoms with Gasteiger partial charge in [0.25, 0.3) is 0 Å². The second-order valence-corrected chi connectivity index (χ2v) is 7.06. The second kappa shape index (κ2) is 8.56. The highest BCUT2D eigenvalue weighted by Gasteiger charge is 2.05. The zero-order chi connectivity index (χ0) is 16.6. The van der Waals surface area contributed by atoms with Gasteiger partial charge in [-0.3, -0.25) is 0 Å². The predicted molar refractivity (Wildman–Crippen MR) is 98.8 cm³/mol. The minimum atomic E-state index is 0.609. The second-order valence-electron chi connectivity index (χ2n) is 4.74. The lowest BCUT2D eigenvalue weighted by molar-refractivity contribution is 0.342. The van der Waals surface area contributed by atoms with Gasteiger partial charge in [0, 0.05) is 11.4 Å². The van der Waals surface area contributed by atoms with E-state index in [0.29, 0.717) is 6.61 Å². The summed E-state index contributed by atoms with van der Waals surface area (Å²) in [5.74, 6) is 2.47. The van der Waals surface area contributed by atoms with Gasteiger partial charge in [-0.15, -0.1) is 10.2 Å². The van der Waals surface area contributed by atoms with Crippen LogP contribution in [0.4, 0.5) is 10.8 Å². The molecule has 2 aromatic carbocycles. The number of nitrogens with one attached hydrogen (secondary N) is 1. The molecule has 0 spiro atoms. The molecule has 0 amide bonds. The van der Waals surface area contributed by atoms with Gasteiger partial charge in [-0.05, 0) is 36.4 Å². The van der Waals surface area contributed by atoms with E-state index >= 15 is 0 Å². The molecule has 0 saturated heterocycles. The van der Waals surface area contributed by atoms with Crippen molar-refractivity contribution in [1.82, 2.24) is 10.2 Å². The van der Waals surface area contributed by atoms with Crippen LogP contribution in [0.15, 0.2) is 58.9 Å². The minimum Gasteiger partial charge on any atom is -0.497 e. The SMILES string of the molecule is COc1ccc(OCCSc2nnc(Nc3ccccc3)s2)cc1. The summed E-state index contributed by atoms with van der Waals surface area (Å²) in [7, 11) is 1.65. The monoisotopic (exact) mass is 359 g/mol. The lowest BCUT2D eigenvalue weighted by Crippen LogP contribution is -1.99. The van der Waals surface area contributed by atoms with Crippen LogP contribution in [0.3, 0.4) is 0 Å². The molecule has 0 atom stereocenters. The fraction of sp³-hybridized carbons (Fsp3) is 0.176. The fourth-order valence-electron chi connectivity index (χ4n) is 1.92. The largest absolute Gasteiger partial charge is 0.497 e. The molecule has 0 unspecified atom stereocenters. The van der Waals surface area contributed by atoms with E-state index in [-0.39, 0.29) is 0 Å². The number of rotatable bonds is 8. The van der Waals surface area contributed by atoms with E-state index in [1.54, 1.807) is 18.9 Å². The first-order valence-electron chi connectivity index (χ1n) is 7.39. The van der Waals surface area contributed by atoms with Gasteiger partial charge in [-0.2, -0.15) is 0 Å². The summed E-state index contributed by atoms with van der Waals surface area (Å²) in [4.78, 5) is 0. The number of nitrogens with zero attached hydrogens (tertiary/aromatic N) is 2. The average molecular weight is 359 g/mol. The number of anilines is 2. The Balaban J connectivity index is 1.42. The number of benzene rings is 2. The first kappa shape index (κ1) is 16.6. The average Bonchev–Trinajstić information content (AvgIpc) is 3.07. The van der Waals surface area contributed by atoms with Crippen molar-refractivity contribution in [2.24, 2.45) is 0 Å². The molecule has 3 aromatic rings. The first-order valence-corrected chi connectivity index (χ1v) is 9.19. The molecule has 5 nitrogen and oxygen atoms in total. The molecule has 1 aromatic heterocycles. The Hall–Kier alpha value is -2.25. The van der Waals surface area contributed by atoms with E-state index in [1.165, 1.54) is 11.3 Å². The quantitative estimate of drug-likeness (QED) is 0.473. The van der Waals surface area contributed by atoms with Crippen LogP contribution >= 0.6 is 23.1 Å². The molecule has 124 valence electrons. The van der Waals surface area contributed by atoms with Crippen LogP contribution in [-0.2, 0) is 0 Å². The molecule has 1 heterocycles. The van der Waals surface area contributed by atoms with Crippen LogP contribution in [0.5, 0.6) is 11.5 Å². The van der Waals surface area contributed by atoms with Crippen LogP contribution in [0.2, 0.25) is 0 Å². The predicted octanol–water partition coefficient (Wildman–Crippen LogP) is 4.46. The topological polar surface area (TPSA) is 56.3 Å². The fourth-order valence-corrected chi connectivity index (χ4v) is 3.58. The van der Waals surface area contributed by atoms with Gasteiger partial charge in [0.1, 0.15) is 11.5 Å². The highest BCUT2D eigenvalue weighted by atomic mass is 32.2. The smallest absolute Gasteiger partial charge is 0.210 e. The molecule has 1 N–H and O–H groups in total. The van der Waals surface area contributed by atoms with E-state index in [9.17, 15) is 0 Å². The van der Waals surface area contributed by atoms with E-state index in [4.69, 9.17) is 9.47 Å². The standard InChI is InChI=1S/C17H17N3O2S2/c1-21-14-7-9-15(10-8-14)22-11-12-23-17-20-19-16(24-17)18-13-5-3-2-4-6-13/h2-10H,11-12H2,1H3,(H,18,19). The molecular weight excluding hydrogens is 342 g/mol. The number of methoxy groups -OCH3 is 1. The molecule has 0 aliphatic heterocycles. The third-order valence-electron chi connectivity index (χ3n) is 3.07. The maximum atomic E-state index is 5.69. The summed E-state index contributed by atoms with van der Waals surface area (Å²) in [6.07, 6.45) is 0. The summed E-state index contributed by atoms with van der Waals surface area (Å²) in [5.41, 5.74) is 1.01. The molecule has 24 heavy (non-hydrogen) atoms. The first-order chi connectivity index (χ1) is 11.8. The summed E-state index contributed by atoms with van der Waals surface area (Å²) < 4.78 is 11.7. The van der Waals surface area contributed by atoms with Crippen LogP contribution in [-0.4, -0.2) is 29.7 Å². The molecular formula is C17H17N3O2S2. The van der Waals surface area contributed by atoms with Crippen molar-refractivity contribution >= 4 is 33.9 Å². The zero-order valence-electron chi connectivity index (χ0n) is 13.1. The maximum absolute atomic E-state index is 5.69. The normalized spacial score (nSPS) is 10.4. The molecule has 0 aliphatic carbocycles. The summed E-state index contributed by atoms with van der Waals surface area (Å²) in [6.45, 7) is 0.609. The molecule has 0 bridgehead atoms. The molecule has 3 rings (SSSR count). The van der Waals surface area contributed by atoms with Crippen LogP contribution in [0, 0.1) is 0 Å². The van der Waals surface area contributed by atoms with Crippen LogP contribution < -0.4 is 14.8 Å². The van der Waals surface area contributed by atoms with Gasteiger partial charge in [-0.25, -0.2) is 0 Å². The minimum absolute atomic E-state index is 0.609. The van der Waals surface area contributed by atoms with Gasteiger partial charge in [0.15, 0.2) is 4.34 Å². The van der Waals surface area contributed by atoms with Crippen LogP contribution in [0.1, 0.15) is 0 Å². The Bertz CT molecular complexity index is 748. The van der Waals surface area contributed by atoms with Crippen molar-refractivity contribution in [2.45, 2.75) is 4.34 Å². The number of hydrogen-bond donors (Lipinski definition) is 1. The third kappa shape index (κ3) is 4.87. The highest BCUT2D eigenvalue weighted by Crippen LogP contribution is 2.27. The van der Waals surface area contributed by atoms with Crippen molar-refractivity contribution in [3.63, 3.8) is 0 Å². The summed E-state index contributed by atoms with van der Waals surface area (Å²) in [6, 6.07) is 17.5. The zero-order valence-corrected chi connectivity index (χ0v) is 14.8. The van der Waals surface area contributed by atoms with Gasteiger partial charge in [0.2, 0.25) is 5.13 Å². The Labute approximate surface area is 149 Å². The number of para-hydroxylation sites is 1. The Morgan fingerprint density at radius 2 is 1.75 bits per heavy atom. The number of ether oxygens (including phenoxy) is 2. The molecule has 0 aliphatic rings. The summed E-state index contributed by atoms with van der Waals surface area (Å²) >= 11 is 3.17. The van der Waals surface area contributed by atoms with Crippen molar-refractivity contribution in [2.75, 3.05) is 24.8 Å². The summed E-state index contributed by atoms with van der Waals surface area (Å²) in [5, 5.41) is 12.4. The van der Waals surface area contributed by atoms with Gasteiger partial charge >= 0.3 is 0 Å². The number of aromatic nitrogens is 2. The molecule has 0 radical (unpaired) electrons. The third-order valence-corrected chi connectivity index (χ3v) is 5.00. The van der Waals surface area contributed by atoms with E-state index in [1.807, 2.05) is 54.6 Å². The number of hydrogen-bond acceptors (Lipinski definition) is 7. The van der Waals surface area contributed by atoms with Crippen molar-refractivity contribution in [3.8, 4) is 11.5 Å². The molecule has 0 fully saturated rings. The van der Waals surface area contributed by atoms with E-state index < -0.39 is 0 Å². The van der Waals surface area contributed by atoms with Crippen molar-refractivity contribution in [1.29, 1.82) is 0 Å². The van der Waals surface area contributed by atoms with Crippen LogP contribution in [0.25, 0.3) is 0 Å². The lowest BCUT2D eigenvalue weighted by Gasteiger charge is -2.05. The highest BCUT2D eigenvalue weighted by molar-refractivity contribution is 8.01. The van der Waals surface area contributed by atoms with E-state index in [0.717, 1.165) is 32.4 Å². The van der Waals surface area contributed by atoms with Gasteiger partial charge in [0.05, 0.1) is 13.7 Å². The lowest BCUT2D eigenvalue weighted by atomic mass is 10.3. The van der Waals surface area contributed by atoms with Crippen molar-refractivity contribution < 1.29 is 9.47 Å². The Kier molecular flexibility index (Phi) is 5.92. The van der Waals surface area contributed by atoms with Gasteiger partial charge in [-0.1, -0.05) is 41.3 Å². The maximum Gasteiger partial charge on any atom is 0.210 e.